The zero-order chi connectivity index (χ0) is 6.69. The standard InChI is InChI=1S/C9H12/c1-3-9-7-5-4-6-8(9)2/h1H,4-7H2,2H3. The van der Waals surface area contributed by atoms with Gasteiger partial charge in [-0.25, -0.2) is 0 Å². The van der Waals surface area contributed by atoms with Gasteiger partial charge in [0.2, 0.25) is 0 Å². The van der Waals surface area contributed by atoms with Crippen molar-refractivity contribution in [1.82, 2.24) is 0 Å². The Morgan fingerprint density at radius 2 is 2.00 bits per heavy atom. The van der Waals surface area contributed by atoms with Crippen LogP contribution in [0.25, 0.3) is 0 Å². The molecule has 0 heteroatoms. The van der Waals surface area contributed by atoms with Crippen LogP contribution in [0, 0.1) is 12.3 Å². The van der Waals surface area contributed by atoms with Crippen molar-refractivity contribution in [3.63, 3.8) is 0 Å². The molecule has 0 aromatic rings. The van der Waals surface area contributed by atoms with Crippen molar-refractivity contribution < 1.29 is 0 Å². The fraction of sp³-hybridized carbons (Fsp3) is 0.556. The van der Waals surface area contributed by atoms with Gasteiger partial charge in [0.25, 0.3) is 0 Å². The highest BCUT2D eigenvalue weighted by molar-refractivity contribution is 5.31. The fourth-order valence-electron chi connectivity index (χ4n) is 1.25. The Morgan fingerprint density at radius 3 is 2.44 bits per heavy atom. The Balaban J connectivity index is 2.74. The highest BCUT2D eigenvalue weighted by Gasteiger charge is 2.05. The van der Waals surface area contributed by atoms with Crippen molar-refractivity contribution in [1.29, 1.82) is 0 Å². The second kappa shape index (κ2) is 2.73. The maximum absolute atomic E-state index is 5.29. The molecule has 1 aliphatic rings. The number of hydrogen-bond donors (Lipinski definition) is 0. The van der Waals surface area contributed by atoms with E-state index in [1.165, 1.54) is 30.4 Å². The average Bonchev–Trinajstić information content (AvgIpc) is 1.89. The highest BCUT2D eigenvalue weighted by Crippen LogP contribution is 2.22. The first kappa shape index (κ1) is 6.42. The van der Waals surface area contributed by atoms with Gasteiger partial charge >= 0.3 is 0 Å². The van der Waals surface area contributed by atoms with Crippen molar-refractivity contribution in [2.45, 2.75) is 32.6 Å². The summed E-state index contributed by atoms with van der Waals surface area (Å²) in [4.78, 5) is 0. The molecule has 9 heavy (non-hydrogen) atoms. The van der Waals surface area contributed by atoms with E-state index in [9.17, 15) is 0 Å². The number of allylic oxidation sites excluding steroid dienone is 2. The van der Waals surface area contributed by atoms with Crippen LogP contribution in [0.5, 0.6) is 0 Å². The Hall–Kier alpha value is -0.700. The molecule has 0 unspecified atom stereocenters. The van der Waals surface area contributed by atoms with Crippen molar-refractivity contribution >= 4 is 0 Å². The van der Waals surface area contributed by atoms with Gasteiger partial charge in [-0.15, -0.1) is 6.42 Å². The lowest BCUT2D eigenvalue weighted by molar-refractivity contribution is 0.686. The number of hydrogen-bond acceptors (Lipinski definition) is 0. The first-order valence-corrected chi connectivity index (χ1v) is 3.50. The van der Waals surface area contributed by atoms with E-state index in [1.807, 2.05) is 0 Å². The van der Waals surface area contributed by atoms with E-state index in [4.69, 9.17) is 6.42 Å². The molecule has 0 aromatic carbocycles. The van der Waals surface area contributed by atoms with Gasteiger partial charge in [0, 0.05) is 5.57 Å². The van der Waals surface area contributed by atoms with E-state index in [-0.39, 0.29) is 0 Å². The highest BCUT2D eigenvalue weighted by atomic mass is 14.1. The molecule has 0 nitrogen and oxygen atoms in total. The van der Waals surface area contributed by atoms with Gasteiger partial charge in [-0.3, -0.25) is 0 Å². The third-order valence-electron chi connectivity index (χ3n) is 1.92. The minimum Gasteiger partial charge on any atom is -0.115 e. The summed E-state index contributed by atoms with van der Waals surface area (Å²) in [5, 5.41) is 0. The summed E-state index contributed by atoms with van der Waals surface area (Å²) in [5.41, 5.74) is 2.69. The Kier molecular flexibility index (Phi) is 1.95. The molecule has 0 aliphatic heterocycles. The minimum atomic E-state index is 1.14. The summed E-state index contributed by atoms with van der Waals surface area (Å²) in [6.07, 6.45) is 10.3. The summed E-state index contributed by atoms with van der Waals surface area (Å²) in [6.45, 7) is 2.15. The summed E-state index contributed by atoms with van der Waals surface area (Å²) >= 11 is 0. The molecule has 0 saturated carbocycles. The molecule has 0 saturated heterocycles. The van der Waals surface area contributed by atoms with Gasteiger partial charge in [-0.1, -0.05) is 11.5 Å². The van der Waals surface area contributed by atoms with E-state index in [1.54, 1.807) is 0 Å². The maximum atomic E-state index is 5.29. The Morgan fingerprint density at radius 1 is 1.33 bits per heavy atom. The van der Waals surface area contributed by atoms with Gasteiger partial charge in [0.05, 0.1) is 0 Å². The average molecular weight is 120 g/mol. The molecule has 0 spiro atoms. The molecule has 0 N–H and O–H groups in total. The summed E-state index contributed by atoms with van der Waals surface area (Å²) in [6, 6.07) is 0. The lowest BCUT2D eigenvalue weighted by Crippen LogP contribution is -1.94. The maximum Gasteiger partial charge on any atom is 0.000682 e. The van der Waals surface area contributed by atoms with Crippen LogP contribution in [0.4, 0.5) is 0 Å². The summed E-state index contributed by atoms with van der Waals surface area (Å²) in [5.74, 6) is 2.73. The van der Waals surface area contributed by atoms with E-state index in [2.05, 4.69) is 12.8 Å². The van der Waals surface area contributed by atoms with Crippen LogP contribution in [0.1, 0.15) is 32.6 Å². The largest absolute Gasteiger partial charge is 0.115 e. The monoisotopic (exact) mass is 120 g/mol. The van der Waals surface area contributed by atoms with E-state index >= 15 is 0 Å². The molecule has 48 valence electrons. The lowest BCUT2D eigenvalue weighted by Gasteiger charge is -2.11. The predicted octanol–water partition coefficient (Wildman–Crippen LogP) is 2.51. The van der Waals surface area contributed by atoms with Crippen molar-refractivity contribution in [3.05, 3.63) is 11.1 Å². The third-order valence-corrected chi connectivity index (χ3v) is 1.92. The smallest absolute Gasteiger partial charge is 0.000682 e. The van der Waals surface area contributed by atoms with Crippen LogP contribution in [-0.4, -0.2) is 0 Å². The van der Waals surface area contributed by atoms with Gasteiger partial charge in [0.15, 0.2) is 0 Å². The second-order valence-electron chi connectivity index (χ2n) is 2.61. The quantitative estimate of drug-likeness (QED) is 0.431. The second-order valence-corrected chi connectivity index (χ2v) is 2.61. The number of terminal acetylenes is 1. The zero-order valence-electron chi connectivity index (χ0n) is 5.91. The zero-order valence-corrected chi connectivity index (χ0v) is 5.91. The molecule has 0 atom stereocenters. The molecule has 0 fully saturated rings. The van der Waals surface area contributed by atoms with Crippen LogP contribution >= 0.6 is 0 Å². The first-order chi connectivity index (χ1) is 4.34. The molecule has 0 radical (unpaired) electrons. The van der Waals surface area contributed by atoms with E-state index in [0.29, 0.717) is 0 Å². The molecular formula is C9H12. The van der Waals surface area contributed by atoms with Crippen molar-refractivity contribution in [3.8, 4) is 12.3 Å². The molecule has 1 aliphatic carbocycles. The normalized spacial score (nSPS) is 19.6. The molecule has 0 bridgehead atoms. The van der Waals surface area contributed by atoms with Crippen LogP contribution in [0.2, 0.25) is 0 Å². The topological polar surface area (TPSA) is 0 Å². The van der Waals surface area contributed by atoms with Crippen LogP contribution in [0.3, 0.4) is 0 Å². The Bertz CT molecular complexity index is 167. The van der Waals surface area contributed by atoms with Gasteiger partial charge < -0.3 is 0 Å². The van der Waals surface area contributed by atoms with E-state index < -0.39 is 0 Å². The first-order valence-electron chi connectivity index (χ1n) is 3.50. The lowest BCUT2D eigenvalue weighted by atomic mass is 9.93. The third kappa shape index (κ3) is 1.36. The summed E-state index contributed by atoms with van der Waals surface area (Å²) < 4.78 is 0. The molecule has 1 rings (SSSR count). The number of rotatable bonds is 0. The van der Waals surface area contributed by atoms with Crippen LogP contribution < -0.4 is 0 Å². The predicted molar refractivity (Wildman–Crippen MR) is 40.0 cm³/mol. The molecule has 0 heterocycles. The van der Waals surface area contributed by atoms with Gasteiger partial charge in [-0.05, 0) is 32.6 Å². The SMILES string of the molecule is C#CC1=C(C)CCCC1. The minimum absolute atomic E-state index is 1.14. The molecule has 0 aromatic heterocycles. The molecule has 0 amide bonds. The van der Waals surface area contributed by atoms with Crippen LogP contribution in [-0.2, 0) is 0 Å². The van der Waals surface area contributed by atoms with Gasteiger partial charge in [-0.2, -0.15) is 0 Å². The van der Waals surface area contributed by atoms with Crippen molar-refractivity contribution in [2.24, 2.45) is 0 Å². The van der Waals surface area contributed by atoms with Crippen molar-refractivity contribution in [2.75, 3.05) is 0 Å². The van der Waals surface area contributed by atoms with E-state index in [0.717, 1.165) is 6.42 Å². The van der Waals surface area contributed by atoms with Gasteiger partial charge in [0.1, 0.15) is 0 Å². The van der Waals surface area contributed by atoms with Crippen LogP contribution in [0.15, 0.2) is 11.1 Å². The fourth-order valence-corrected chi connectivity index (χ4v) is 1.25. The Labute approximate surface area is 57.0 Å². The molecular weight excluding hydrogens is 108 g/mol. The summed E-state index contributed by atoms with van der Waals surface area (Å²) in [7, 11) is 0.